The van der Waals surface area contributed by atoms with Gasteiger partial charge in [-0.15, -0.1) is 0 Å². The van der Waals surface area contributed by atoms with E-state index in [9.17, 15) is 14.0 Å². The molecule has 1 aromatic rings. The summed E-state index contributed by atoms with van der Waals surface area (Å²) in [5, 5.41) is 2.41. The number of methoxy groups -OCH3 is 1. The Morgan fingerprint density at radius 2 is 2.12 bits per heavy atom. The van der Waals surface area contributed by atoms with E-state index in [-0.39, 0.29) is 23.6 Å². The number of benzene rings is 1. The minimum Gasteiger partial charge on any atom is -0.492 e. The standard InChI is InChI=1S/C11H12FNO3/c1-7(14)6-10(15)13-9-5-3-4-8(12)11(9)16-2/h3-5H,6H2,1-2H3,(H,13,15). The molecule has 0 saturated heterocycles. The smallest absolute Gasteiger partial charge is 0.231 e. The second-order valence-corrected chi connectivity index (χ2v) is 3.25. The highest BCUT2D eigenvalue weighted by Gasteiger charge is 2.12. The van der Waals surface area contributed by atoms with E-state index < -0.39 is 11.7 Å². The summed E-state index contributed by atoms with van der Waals surface area (Å²) in [6.07, 6.45) is -0.236. The second kappa shape index (κ2) is 5.25. The largest absolute Gasteiger partial charge is 0.492 e. The number of Topliss-reactive ketones (excluding diaryl/α,β-unsaturated/α-hetero) is 1. The van der Waals surface area contributed by atoms with Gasteiger partial charge in [0, 0.05) is 0 Å². The Bertz CT molecular complexity index is 418. The highest BCUT2D eigenvalue weighted by atomic mass is 19.1. The van der Waals surface area contributed by atoms with Crippen molar-refractivity contribution in [3.8, 4) is 5.75 Å². The van der Waals surface area contributed by atoms with Gasteiger partial charge in [0.1, 0.15) is 5.78 Å². The lowest BCUT2D eigenvalue weighted by Gasteiger charge is -2.09. The summed E-state index contributed by atoms with van der Waals surface area (Å²) < 4.78 is 18.0. The highest BCUT2D eigenvalue weighted by Crippen LogP contribution is 2.27. The fourth-order valence-corrected chi connectivity index (χ4v) is 1.24. The third kappa shape index (κ3) is 3.05. The number of ether oxygens (including phenoxy) is 1. The number of hydrogen-bond acceptors (Lipinski definition) is 3. The van der Waals surface area contributed by atoms with Crippen molar-refractivity contribution in [3.63, 3.8) is 0 Å². The number of carbonyl (C=O) groups excluding carboxylic acids is 2. The first-order chi connectivity index (χ1) is 7.54. The Hall–Kier alpha value is -1.91. The molecule has 1 aromatic carbocycles. The quantitative estimate of drug-likeness (QED) is 0.794. The number of ketones is 1. The van der Waals surface area contributed by atoms with Crippen LogP contribution in [-0.2, 0) is 9.59 Å². The Morgan fingerprint density at radius 1 is 1.44 bits per heavy atom. The molecule has 1 rings (SSSR count). The third-order valence-electron chi connectivity index (χ3n) is 1.85. The van der Waals surface area contributed by atoms with Crippen LogP contribution in [0.25, 0.3) is 0 Å². The zero-order valence-electron chi connectivity index (χ0n) is 9.04. The Balaban J connectivity index is 2.84. The van der Waals surface area contributed by atoms with Gasteiger partial charge in [0.15, 0.2) is 11.6 Å². The molecule has 16 heavy (non-hydrogen) atoms. The summed E-state index contributed by atoms with van der Waals surface area (Å²) in [4.78, 5) is 22.0. The second-order valence-electron chi connectivity index (χ2n) is 3.25. The first-order valence-electron chi connectivity index (χ1n) is 4.66. The maximum Gasteiger partial charge on any atom is 0.231 e. The average molecular weight is 225 g/mol. The van der Waals surface area contributed by atoms with E-state index in [0.717, 1.165) is 0 Å². The molecule has 0 fully saturated rings. The number of carbonyl (C=O) groups is 2. The van der Waals surface area contributed by atoms with Gasteiger partial charge in [-0.3, -0.25) is 9.59 Å². The number of amides is 1. The van der Waals surface area contributed by atoms with Gasteiger partial charge >= 0.3 is 0 Å². The normalized spacial score (nSPS) is 9.69. The van der Waals surface area contributed by atoms with Crippen molar-refractivity contribution in [3.05, 3.63) is 24.0 Å². The van der Waals surface area contributed by atoms with Gasteiger partial charge in [0.2, 0.25) is 5.91 Å². The lowest BCUT2D eigenvalue weighted by atomic mass is 10.2. The fraction of sp³-hybridized carbons (Fsp3) is 0.273. The molecule has 5 heteroatoms. The number of rotatable bonds is 4. The van der Waals surface area contributed by atoms with Crippen LogP contribution < -0.4 is 10.1 Å². The van der Waals surface area contributed by atoms with Gasteiger partial charge in [-0.05, 0) is 19.1 Å². The van der Waals surface area contributed by atoms with Crippen molar-refractivity contribution in [2.24, 2.45) is 0 Å². The summed E-state index contributed by atoms with van der Waals surface area (Å²) in [6, 6.07) is 4.17. The van der Waals surface area contributed by atoms with Crippen molar-refractivity contribution in [2.75, 3.05) is 12.4 Å². The Kier molecular flexibility index (Phi) is 3.99. The Morgan fingerprint density at radius 3 is 2.69 bits per heavy atom. The van der Waals surface area contributed by atoms with E-state index in [0.29, 0.717) is 0 Å². The lowest BCUT2D eigenvalue weighted by molar-refractivity contribution is -0.124. The fourth-order valence-electron chi connectivity index (χ4n) is 1.24. The van der Waals surface area contributed by atoms with Gasteiger partial charge in [-0.1, -0.05) is 6.07 Å². The number of anilines is 1. The molecule has 0 radical (unpaired) electrons. The molecule has 0 bridgehead atoms. The average Bonchev–Trinajstić information content (AvgIpc) is 2.16. The molecule has 0 aliphatic carbocycles. The summed E-state index contributed by atoms with van der Waals surface area (Å²) in [7, 11) is 1.30. The first-order valence-corrected chi connectivity index (χ1v) is 4.66. The van der Waals surface area contributed by atoms with Gasteiger partial charge in [-0.25, -0.2) is 4.39 Å². The van der Waals surface area contributed by atoms with Crippen LogP contribution in [0, 0.1) is 5.82 Å². The van der Waals surface area contributed by atoms with Crippen LogP contribution in [0.4, 0.5) is 10.1 Å². The van der Waals surface area contributed by atoms with E-state index in [2.05, 4.69) is 5.32 Å². The van der Waals surface area contributed by atoms with Crippen LogP contribution in [0.3, 0.4) is 0 Å². The highest BCUT2D eigenvalue weighted by molar-refractivity contribution is 6.04. The summed E-state index contributed by atoms with van der Waals surface area (Å²) >= 11 is 0. The zero-order chi connectivity index (χ0) is 12.1. The van der Waals surface area contributed by atoms with E-state index >= 15 is 0 Å². The molecular formula is C11H12FNO3. The molecule has 4 nitrogen and oxygen atoms in total. The molecule has 0 aliphatic rings. The monoisotopic (exact) mass is 225 g/mol. The minimum absolute atomic E-state index is 0.0422. The maximum absolute atomic E-state index is 13.2. The summed E-state index contributed by atoms with van der Waals surface area (Å²) in [5.41, 5.74) is 0.216. The van der Waals surface area contributed by atoms with Gasteiger partial charge < -0.3 is 10.1 Å². The van der Waals surface area contributed by atoms with Crippen molar-refractivity contribution < 1.29 is 18.7 Å². The van der Waals surface area contributed by atoms with Crippen molar-refractivity contribution in [1.82, 2.24) is 0 Å². The van der Waals surface area contributed by atoms with Crippen LogP contribution in [0.1, 0.15) is 13.3 Å². The minimum atomic E-state index is -0.567. The molecular weight excluding hydrogens is 213 g/mol. The van der Waals surface area contributed by atoms with Crippen LogP contribution >= 0.6 is 0 Å². The number of para-hydroxylation sites is 1. The molecule has 0 aromatic heterocycles. The Labute approximate surface area is 92.4 Å². The molecule has 0 unspecified atom stereocenters. The van der Waals surface area contributed by atoms with Crippen LogP contribution in [-0.4, -0.2) is 18.8 Å². The molecule has 1 N–H and O–H groups in total. The lowest BCUT2D eigenvalue weighted by Crippen LogP contribution is -2.15. The van der Waals surface area contributed by atoms with Crippen LogP contribution in [0.2, 0.25) is 0 Å². The zero-order valence-corrected chi connectivity index (χ0v) is 9.04. The summed E-state index contributed by atoms with van der Waals surface area (Å²) in [5.74, 6) is -1.35. The number of nitrogens with one attached hydrogen (secondary N) is 1. The van der Waals surface area contributed by atoms with Gasteiger partial charge in [-0.2, -0.15) is 0 Å². The third-order valence-corrected chi connectivity index (χ3v) is 1.85. The SMILES string of the molecule is COc1c(F)cccc1NC(=O)CC(C)=O. The number of halogens is 1. The molecule has 0 saturated carbocycles. The molecule has 86 valence electrons. The van der Waals surface area contributed by atoms with Crippen molar-refractivity contribution in [2.45, 2.75) is 13.3 Å². The van der Waals surface area contributed by atoms with Crippen LogP contribution in [0.5, 0.6) is 5.75 Å². The predicted octanol–water partition coefficient (Wildman–Crippen LogP) is 1.75. The molecule has 0 aliphatic heterocycles. The van der Waals surface area contributed by atoms with Gasteiger partial charge in [0.05, 0.1) is 19.2 Å². The molecule has 0 spiro atoms. The van der Waals surface area contributed by atoms with Crippen LogP contribution in [0.15, 0.2) is 18.2 Å². The van der Waals surface area contributed by atoms with Crippen molar-refractivity contribution >= 4 is 17.4 Å². The summed E-state index contributed by atoms with van der Waals surface area (Å²) in [6.45, 7) is 1.31. The molecule has 0 heterocycles. The van der Waals surface area contributed by atoms with E-state index in [4.69, 9.17) is 4.74 Å². The number of hydrogen-bond donors (Lipinski definition) is 1. The van der Waals surface area contributed by atoms with E-state index in [1.807, 2.05) is 0 Å². The van der Waals surface area contributed by atoms with Gasteiger partial charge in [0.25, 0.3) is 0 Å². The first kappa shape index (κ1) is 12.2. The predicted molar refractivity (Wildman–Crippen MR) is 56.9 cm³/mol. The maximum atomic E-state index is 13.2. The topological polar surface area (TPSA) is 55.4 Å². The van der Waals surface area contributed by atoms with Crippen molar-refractivity contribution in [1.29, 1.82) is 0 Å². The molecule has 1 amide bonds. The van der Waals surface area contributed by atoms with E-state index in [1.54, 1.807) is 0 Å². The van der Waals surface area contributed by atoms with E-state index in [1.165, 1.54) is 32.2 Å². The molecule has 0 atom stereocenters.